The molecule has 2 aromatic rings. The molecule has 0 aliphatic carbocycles. The van der Waals surface area contributed by atoms with Crippen molar-refractivity contribution >= 4 is 17.0 Å². The van der Waals surface area contributed by atoms with E-state index < -0.39 is 12.1 Å². The second-order valence-corrected chi connectivity index (χ2v) is 4.55. The van der Waals surface area contributed by atoms with Gasteiger partial charge in [0.25, 0.3) is 0 Å². The van der Waals surface area contributed by atoms with Crippen molar-refractivity contribution in [2.45, 2.75) is 26.4 Å². The number of nitrogens with zero attached hydrogens (tertiary/aromatic N) is 2. The van der Waals surface area contributed by atoms with Crippen molar-refractivity contribution < 1.29 is 9.53 Å². The summed E-state index contributed by atoms with van der Waals surface area (Å²) in [6, 6.07) is 7.26. The molecule has 0 aliphatic rings. The molecule has 5 heteroatoms. The first kappa shape index (κ1) is 13.8. The average Bonchev–Trinajstić information content (AvgIpc) is 2.86. The molecule has 0 radical (unpaired) electrons. The smallest absolute Gasteiger partial charge is 0.333 e. The van der Waals surface area contributed by atoms with Crippen LogP contribution in [0.15, 0.2) is 30.4 Å². The molecule has 0 saturated carbocycles. The van der Waals surface area contributed by atoms with E-state index >= 15 is 0 Å². The molecular weight excluding hydrogens is 254 g/mol. The largest absolute Gasteiger partial charge is 0.451 e. The number of aromatic amines is 1. The Hall–Kier alpha value is -2.61. The van der Waals surface area contributed by atoms with Gasteiger partial charge < -0.3 is 9.72 Å². The molecule has 2 rings (SSSR count). The van der Waals surface area contributed by atoms with E-state index in [4.69, 9.17) is 10.00 Å². The van der Waals surface area contributed by atoms with Crippen LogP contribution in [0, 0.1) is 11.3 Å². The van der Waals surface area contributed by atoms with E-state index in [0.29, 0.717) is 23.4 Å². The Labute approximate surface area is 116 Å². The molecule has 0 saturated heterocycles. The van der Waals surface area contributed by atoms with Gasteiger partial charge in [0.2, 0.25) is 0 Å². The van der Waals surface area contributed by atoms with Crippen LogP contribution >= 0.6 is 0 Å². The van der Waals surface area contributed by atoms with Crippen LogP contribution < -0.4 is 0 Å². The lowest BCUT2D eigenvalue weighted by Crippen LogP contribution is -2.12. The minimum atomic E-state index is -0.447. The number of nitrogens with one attached hydrogen (secondary N) is 1. The zero-order valence-electron chi connectivity index (χ0n) is 11.4. The number of imidazole rings is 1. The highest BCUT2D eigenvalue weighted by atomic mass is 16.5. The summed E-state index contributed by atoms with van der Waals surface area (Å²) in [5, 5.41) is 8.88. The van der Waals surface area contributed by atoms with Crippen LogP contribution in [0.5, 0.6) is 0 Å². The van der Waals surface area contributed by atoms with E-state index in [2.05, 4.69) is 22.6 Å². The fourth-order valence-corrected chi connectivity index (χ4v) is 1.81. The Balaban J connectivity index is 2.33. The zero-order valence-corrected chi connectivity index (χ0v) is 11.4. The Morgan fingerprint density at radius 3 is 2.95 bits per heavy atom. The predicted octanol–water partition coefficient (Wildman–Crippen LogP) is 3.00. The standard InChI is InChI=1S/C15H15N3O2/c1-4-13(20-15(19)9(2)3)14-17-11-6-5-10(8-16)7-12(11)18-14/h5-7,13H,2,4H2,1,3H3,(H,17,18). The van der Waals surface area contributed by atoms with Gasteiger partial charge in [-0.1, -0.05) is 13.5 Å². The lowest BCUT2D eigenvalue weighted by atomic mass is 10.2. The number of ether oxygens (including phenoxy) is 1. The van der Waals surface area contributed by atoms with Gasteiger partial charge in [-0.3, -0.25) is 0 Å². The van der Waals surface area contributed by atoms with Crippen molar-refractivity contribution in [3.63, 3.8) is 0 Å². The molecule has 0 aliphatic heterocycles. The van der Waals surface area contributed by atoms with Gasteiger partial charge in [-0.05, 0) is 31.5 Å². The SMILES string of the molecule is C=C(C)C(=O)OC(CC)c1nc2ccc(C#N)cc2[nH]1. The van der Waals surface area contributed by atoms with Crippen molar-refractivity contribution in [3.8, 4) is 6.07 Å². The number of fused-ring (bicyclic) bond motifs is 1. The maximum atomic E-state index is 11.6. The quantitative estimate of drug-likeness (QED) is 0.683. The average molecular weight is 269 g/mol. The zero-order chi connectivity index (χ0) is 14.7. The normalized spacial score (nSPS) is 11.8. The maximum Gasteiger partial charge on any atom is 0.333 e. The van der Waals surface area contributed by atoms with Gasteiger partial charge in [0, 0.05) is 5.57 Å². The molecule has 0 spiro atoms. The first-order chi connectivity index (χ1) is 9.55. The molecule has 102 valence electrons. The summed E-state index contributed by atoms with van der Waals surface area (Å²) in [5.74, 6) is 0.141. The summed E-state index contributed by atoms with van der Waals surface area (Å²) in [6.07, 6.45) is 0.154. The lowest BCUT2D eigenvalue weighted by molar-refractivity contribution is -0.145. The molecule has 0 amide bonds. The second kappa shape index (κ2) is 5.57. The van der Waals surface area contributed by atoms with Gasteiger partial charge in [-0.2, -0.15) is 5.26 Å². The number of H-pyrrole nitrogens is 1. The number of carbonyl (C=O) groups is 1. The third-order valence-electron chi connectivity index (χ3n) is 2.90. The summed E-state index contributed by atoms with van der Waals surface area (Å²) in [6.45, 7) is 7.07. The van der Waals surface area contributed by atoms with Crippen LogP contribution in [0.3, 0.4) is 0 Å². The van der Waals surface area contributed by atoms with Crippen molar-refractivity contribution in [3.05, 3.63) is 41.7 Å². The molecule has 0 fully saturated rings. The van der Waals surface area contributed by atoms with Crippen LogP contribution in [0.1, 0.15) is 37.8 Å². The van der Waals surface area contributed by atoms with Crippen LogP contribution in [-0.4, -0.2) is 15.9 Å². The Kier molecular flexibility index (Phi) is 3.85. The molecule has 0 bridgehead atoms. The Morgan fingerprint density at radius 1 is 1.60 bits per heavy atom. The van der Waals surface area contributed by atoms with E-state index in [9.17, 15) is 4.79 Å². The molecular formula is C15H15N3O2. The number of esters is 1. The molecule has 20 heavy (non-hydrogen) atoms. The highest BCUT2D eigenvalue weighted by molar-refractivity contribution is 5.87. The summed E-state index contributed by atoms with van der Waals surface area (Å²) in [7, 11) is 0. The molecule has 1 N–H and O–H groups in total. The van der Waals surface area contributed by atoms with E-state index in [0.717, 1.165) is 11.0 Å². The van der Waals surface area contributed by atoms with Crippen molar-refractivity contribution in [1.29, 1.82) is 5.26 Å². The van der Waals surface area contributed by atoms with E-state index in [-0.39, 0.29) is 0 Å². The van der Waals surface area contributed by atoms with Crippen LogP contribution in [0.4, 0.5) is 0 Å². The predicted molar refractivity (Wildman–Crippen MR) is 74.7 cm³/mol. The van der Waals surface area contributed by atoms with E-state index in [1.54, 1.807) is 25.1 Å². The summed E-state index contributed by atoms with van der Waals surface area (Å²) >= 11 is 0. The van der Waals surface area contributed by atoms with E-state index in [1.165, 1.54) is 0 Å². The van der Waals surface area contributed by atoms with Gasteiger partial charge in [0.05, 0.1) is 22.7 Å². The van der Waals surface area contributed by atoms with Gasteiger partial charge in [-0.15, -0.1) is 0 Å². The number of hydrogen-bond donors (Lipinski definition) is 1. The van der Waals surface area contributed by atoms with E-state index in [1.807, 2.05) is 6.92 Å². The first-order valence-corrected chi connectivity index (χ1v) is 6.31. The van der Waals surface area contributed by atoms with Crippen molar-refractivity contribution in [2.75, 3.05) is 0 Å². The highest BCUT2D eigenvalue weighted by Gasteiger charge is 2.19. The number of rotatable bonds is 4. The van der Waals surface area contributed by atoms with Gasteiger partial charge in [-0.25, -0.2) is 9.78 Å². The fourth-order valence-electron chi connectivity index (χ4n) is 1.81. The fraction of sp³-hybridized carbons (Fsp3) is 0.267. The summed E-state index contributed by atoms with van der Waals surface area (Å²) in [5.41, 5.74) is 2.40. The second-order valence-electron chi connectivity index (χ2n) is 4.55. The summed E-state index contributed by atoms with van der Waals surface area (Å²) < 4.78 is 5.34. The number of benzene rings is 1. The molecule has 1 aromatic heterocycles. The van der Waals surface area contributed by atoms with Crippen molar-refractivity contribution in [1.82, 2.24) is 9.97 Å². The molecule has 1 unspecified atom stereocenters. The molecule has 1 aromatic carbocycles. The number of hydrogen-bond acceptors (Lipinski definition) is 4. The topological polar surface area (TPSA) is 78.8 Å². The molecule has 1 atom stereocenters. The first-order valence-electron chi connectivity index (χ1n) is 6.31. The van der Waals surface area contributed by atoms with Crippen LogP contribution in [0.2, 0.25) is 0 Å². The third kappa shape index (κ3) is 2.69. The lowest BCUT2D eigenvalue weighted by Gasteiger charge is -2.13. The third-order valence-corrected chi connectivity index (χ3v) is 2.90. The minimum Gasteiger partial charge on any atom is -0.451 e. The van der Waals surface area contributed by atoms with Gasteiger partial charge in [0.15, 0.2) is 6.10 Å². The monoisotopic (exact) mass is 269 g/mol. The van der Waals surface area contributed by atoms with Gasteiger partial charge >= 0.3 is 5.97 Å². The summed E-state index contributed by atoms with van der Waals surface area (Å²) in [4.78, 5) is 19.1. The van der Waals surface area contributed by atoms with Gasteiger partial charge in [0.1, 0.15) is 5.82 Å². The number of carbonyl (C=O) groups excluding carboxylic acids is 1. The number of aromatic nitrogens is 2. The molecule has 1 heterocycles. The Bertz CT molecular complexity index is 709. The number of nitriles is 1. The van der Waals surface area contributed by atoms with Crippen LogP contribution in [0.25, 0.3) is 11.0 Å². The highest BCUT2D eigenvalue weighted by Crippen LogP contribution is 2.23. The molecule has 5 nitrogen and oxygen atoms in total. The maximum absolute atomic E-state index is 11.6. The minimum absolute atomic E-state index is 0.353. The van der Waals surface area contributed by atoms with Crippen molar-refractivity contribution in [2.24, 2.45) is 0 Å². The Morgan fingerprint density at radius 2 is 2.35 bits per heavy atom. The van der Waals surface area contributed by atoms with Crippen LogP contribution in [-0.2, 0) is 9.53 Å².